The molecule has 0 amide bonds. The molecule has 0 unspecified atom stereocenters. The highest BCUT2D eigenvalue weighted by atomic mass is 79.9. The lowest BCUT2D eigenvalue weighted by atomic mass is 10.2. The van der Waals surface area contributed by atoms with Gasteiger partial charge in [-0.15, -0.1) is 0 Å². The van der Waals surface area contributed by atoms with Gasteiger partial charge in [-0.25, -0.2) is 4.79 Å². The van der Waals surface area contributed by atoms with E-state index in [1.165, 1.54) is 31.4 Å². The van der Waals surface area contributed by atoms with Crippen LogP contribution in [-0.2, 0) is 14.9 Å². The van der Waals surface area contributed by atoms with E-state index in [1.54, 1.807) is 25.1 Å². The van der Waals surface area contributed by atoms with E-state index in [0.29, 0.717) is 0 Å². The molecule has 7 heteroatoms. The number of hydrogen-bond acceptors (Lipinski definition) is 5. The number of halogens is 1. The van der Waals surface area contributed by atoms with Crippen molar-refractivity contribution >= 4 is 32.0 Å². The molecule has 0 saturated heterocycles. The molecule has 22 heavy (non-hydrogen) atoms. The Hall–Kier alpha value is -1.86. The lowest BCUT2D eigenvalue weighted by Gasteiger charge is -2.11. The van der Waals surface area contributed by atoms with E-state index in [-0.39, 0.29) is 16.2 Å². The summed E-state index contributed by atoms with van der Waals surface area (Å²) >= 11 is 3.31. The fourth-order valence-electron chi connectivity index (χ4n) is 1.76. The number of carbonyl (C=O) groups is 1. The molecule has 2 aromatic carbocycles. The first-order valence-electron chi connectivity index (χ1n) is 6.23. The molecular formula is C15H13BrO5S. The molecule has 0 aliphatic rings. The van der Waals surface area contributed by atoms with Crippen LogP contribution in [0.25, 0.3) is 0 Å². The van der Waals surface area contributed by atoms with Gasteiger partial charge in [0.05, 0.1) is 7.11 Å². The Morgan fingerprint density at radius 1 is 1.14 bits per heavy atom. The summed E-state index contributed by atoms with van der Waals surface area (Å²) in [7, 11) is -2.83. The topological polar surface area (TPSA) is 69.7 Å². The Morgan fingerprint density at radius 3 is 2.45 bits per heavy atom. The maximum Gasteiger partial charge on any atom is 0.341 e. The van der Waals surface area contributed by atoms with Gasteiger partial charge < -0.3 is 8.92 Å². The Morgan fingerprint density at radius 2 is 1.82 bits per heavy atom. The summed E-state index contributed by atoms with van der Waals surface area (Å²) in [5, 5.41) is 0. The molecular weight excluding hydrogens is 372 g/mol. The third-order valence-electron chi connectivity index (χ3n) is 2.91. The van der Waals surface area contributed by atoms with Gasteiger partial charge in [-0.1, -0.05) is 28.1 Å². The molecule has 0 spiro atoms. The van der Waals surface area contributed by atoms with Gasteiger partial charge >= 0.3 is 16.1 Å². The van der Waals surface area contributed by atoms with Gasteiger partial charge in [0.25, 0.3) is 0 Å². The molecule has 116 valence electrons. The number of esters is 1. The highest BCUT2D eigenvalue weighted by Gasteiger charge is 2.21. The van der Waals surface area contributed by atoms with Crippen molar-refractivity contribution in [1.82, 2.24) is 0 Å². The Balaban J connectivity index is 2.41. The predicted octanol–water partition coefficient (Wildman–Crippen LogP) is 3.31. The van der Waals surface area contributed by atoms with Gasteiger partial charge in [-0.05, 0) is 42.8 Å². The molecule has 0 bridgehead atoms. The van der Waals surface area contributed by atoms with Crippen LogP contribution < -0.4 is 4.18 Å². The highest BCUT2D eigenvalue weighted by molar-refractivity contribution is 9.10. The molecule has 0 saturated carbocycles. The van der Waals surface area contributed by atoms with Crippen molar-refractivity contribution < 1.29 is 22.1 Å². The van der Waals surface area contributed by atoms with Crippen LogP contribution in [0.5, 0.6) is 5.75 Å². The summed E-state index contributed by atoms with van der Waals surface area (Å²) in [5.74, 6) is -0.743. The van der Waals surface area contributed by atoms with Crippen LogP contribution in [0, 0.1) is 6.92 Å². The van der Waals surface area contributed by atoms with E-state index < -0.39 is 16.1 Å². The van der Waals surface area contributed by atoms with Crippen molar-refractivity contribution in [3.8, 4) is 5.75 Å². The minimum atomic E-state index is -4.05. The Bertz CT molecular complexity index is 814. The smallest absolute Gasteiger partial charge is 0.341 e. The average Bonchev–Trinajstić information content (AvgIpc) is 2.49. The second-order valence-electron chi connectivity index (χ2n) is 4.44. The SMILES string of the molecule is COC(=O)c1ccccc1OS(=O)(=O)c1ccc(Br)c(C)c1. The van der Waals surface area contributed by atoms with E-state index in [9.17, 15) is 13.2 Å². The summed E-state index contributed by atoms with van der Waals surface area (Å²) in [6, 6.07) is 10.5. The molecule has 0 radical (unpaired) electrons. The molecule has 0 heterocycles. The predicted molar refractivity (Wildman–Crippen MR) is 84.5 cm³/mol. The van der Waals surface area contributed by atoms with Gasteiger partial charge in [0, 0.05) is 4.47 Å². The van der Waals surface area contributed by atoms with Crippen molar-refractivity contribution in [3.63, 3.8) is 0 Å². The van der Waals surface area contributed by atoms with Crippen LogP contribution in [-0.4, -0.2) is 21.5 Å². The molecule has 0 aromatic heterocycles. The molecule has 0 aliphatic heterocycles. The summed E-state index contributed by atoms with van der Waals surface area (Å²) in [6.07, 6.45) is 0. The van der Waals surface area contributed by atoms with E-state index in [4.69, 9.17) is 4.18 Å². The van der Waals surface area contributed by atoms with Gasteiger partial charge in [-0.2, -0.15) is 8.42 Å². The van der Waals surface area contributed by atoms with E-state index >= 15 is 0 Å². The van der Waals surface area contributed by atoms with Crippen LogP contribution in [0.3, 0.4) is 0 Å². The minimum absolute atomic E-state index is 0.00729. The number of hydrogen-bond donors (Lipinski definition) is 0. The quantitative estimate of drug-likeness (QED) is 0.597. The van der Waals surface area contributed by atoms with Gasteiger partial charge in [0.1, 0.15) is 10.5 Å². The summed E-state index contributed by atoms with van der Waals surface area (Å²) < 4.78 is 35.2. The summed E-state index contributed by atoms with van der Waals surface area (Å²) in [5.41, 5.74) is 0.799. The summed E-state index contributed by atoms with van der Waals surface area (Å²) in [4.78, 5) is 11.7. The molecule has 0 fully saturated rings. The maximum atomic E-state index is 12.3. The highest BCUT2D eigenvalue weighted by Crippen LogP contribution is 2.25. The van der Waals surface area contributed by atoms with Crippen molar-refractivity contribution in [2.24, 2.45) is 0 Å². The van der Waals surface area contributed by atoms with E-state index in [2.05, 4.69) is 20.7 Å². The fraction of sp³-hybridized carbons (Fsp3) is 0.133. The fourth-order valence-corrected chi connectivity index (χ4v) is 3.04. The van der Waals surface area contributed by atoms with Crippen LogP contribution >= 0.6 is 15.9 Å². The first-order valence-corrected chi connectivity index (χ1v) is 8.43. The maximum absolute atomic E-state index is 12.3. The first-order chi connectivity index (χ1) is 10.3. The van der Waals surface area contributed by atoms with Crippen LogP contribution in [0.1, 0.15) is 15.9 Å². The number of para-hydroxylation sites is 1. The van der Waals surface area contributed by atoms with Gasteiger partial charge in [-0.3, -0.25) is 0 Å². The van der Waals surface area contributed by atoms with Crippen molar-refractivity contribution in [3.05, 3.63) is 58.1 Å². The number of aryl methyl sites for hydroxylation is 1. The zero-order valence-corrected chi connectivity index (χ0v) is 14.3. The van der Waals surface area contributed by atoms with Crippen molar-refractivity contribution in [2.45, 2.75) is 11.8 Å². The van der Waals surface area contributed by atoms with Crippen LogP contribution in [0.4, 0.5) is 0 Å². The zero-order chi connectivity index (χ0) is 16.3. The number of methoxy groups -OCH3 is 1. The molecule has 0 aliphatic carbocycles. The minimum Gasteiger partial charge on any atom is -0.465 e. The first kappa shape index (κ1) is 16.5. The average molecular weight is 385 g/mol. The third-order valence-corrected chi connectivity index (χ3v) is 5.03. The third kappa shape index (κ3) is 3.48. The molecule has 5 nitrogen and oxygen atoms in total. The molecule has 0 atom stereocenters. The van der Waals surface area contributed by atoms with Gasteiger partial charge in [0.2, 0.25) is 0 Å². The summed E-state index contributed by atoms with van der Waals surface area (Å²) in [6.45, 7) is 1.77. The normalized spacial score (nSPS) is 11.0. The standard InChI is InChI=1S/C15H13BrO5S/c1-10-9-11(7-8-13(10)16)22(18,19)21-14-6-4-3-5-12(14)15(17)20-2/h3-9H,1-2H3. The van der Waals surface area contributed by atoms with Gasteiger partial charge in [0.15, 0.2) is 5.75 Å². The van der Waals surface area contributed by atoms with E-state index in [0.717, 1.165) is 10.0 Å². The Kier molecular flexibility index (Phi) is 4.87. The molecule has 2 aromatic rings. The number of carbonyl (C=O) groups excluding carboxylic acids is 1. The monoisotopic (exact) mass is 384 g/mol. The molecule has 0 N–H and O–H groups in total. The van der Waals surface area contributed by atoms with Crippen LogP contribution in [0.15, 0.2) is 51.8 Å². The second kappa shape index (κ2) is 6.50. The molecule has 2 rings (SSSR count). The number of ether oxygens (including phenoxy) is 1. The van der Waals surface area contributed by atoms with Crippen molar-refractivity contribution in [1.29, 1.82) is 0 Å². The lowest BCUT2D eigenvalue weighted by Crippen LogP contribution is -2.13. The van der Waals surface area contributed by atoms with E-state index in [1.807, 2.05) is 0 Å². The second-order valence-corrected chi connectivity index (χ2v) is 6.84. The number of rotatable bonds is 4. The Labute approximate surface area is 137 Å². The van der Waals surface area contributed by atoms with Crippen molar-refractivity contribution in [2.75, 3.05) is 7.11 Å². The zero-order valence-electron chi connectivity index (χ0n) is 11.9. The number of benzene rings is 2. The largest absolute Gasteiger partial charge is 0.465 e. The van der Waals surface area contributed by atoms with Crippen LogP contribution in [0.2, 0.25) is 0 Å². The lowest BCUT2D eigenvalue weighted by molar-refractivity contribution is 0.0599.